The number of amides is 1. The van der Waals surface area contributed by atoms with Gasteiger partial charge < -0.3 is 4.90 Å². The third-order valence-electron chi connectivity index (χ3n) is 4.64. The first kappa shape index (κ1) is 19.2. The van der Waals surface area contributed by atoms with Gasteiger partial charge >= 0.3 is 0 Å². The Morgan fingerprint density at radius 3 is 2.31 bits per heavy atom. The number of carbonyl (C=O) groups is 1. The Hall–Kier alpha value is -1.59. The van der Waals surface area contributed by atoms with Crippen LogP contribution in [-0.2, 0) is 24.7 Å². The molecule has 0 aliphatic carbocycles. The first-order valence-corrected chi connectivity index (χ1v) is 11.3. The van der Waals surface area contributed by atoms with E-state index in [1.165, 1.54) is 4.90 Å². The third-order valence-corrected chi connectivity index (χ3v) is 8.34. The van der Waals surface area contributed by atoms with E-state index in [-0.39, 0.29) is 50.0 Å². The number of carbonyl (C=O) groups excluding carboxylic acids is 1. The summed E-state index contributed by atoms with van der Waals surface area (Å²) in [5.74, 6) is -3.11. The summed E-state index contributed by atoms with van der Waals surface area (Å²) in [4.78, 5) is 13.2. The lowest BCUT2D eigenvalue weighted by Crippen LogP contribution is -2.52. The number of benzene rings is 1. The van der Waals surface area contributed by atoms with Crippen LogP contribution in [0.5, 0.6) is 0 Å². The van der Waals surface area contributed by atoms with Crippen molar-refractivity contribution in [2.24, 2.45) is 5.92 Å². The maximum Gasteiger partial charge on any atom is 0.246 e. The Bertz CT molecular complexity index is 925. The molecule has 0 spiro atoms. The molecule has 0 radical (unpaired) electrons. The number of hydrogen-bond donors (Lipinski definition) is 0. The van der Waals surface area contributed by atoms with Crippen molar-refractivity contribution in [3.63, 3.8) is 0 Å². The Kier molecular flexibility index (Phi) is 5.06. The maximum absolute atomic E-state index is 13.8. The average molecular weight is 408 g/mol. The molecule has 0 bridgehead atoms. The van der Waals surface area contributed by atoms with Crippen molar-refractivity contribution < 1.29 is 30.4 Å². The summed E-state index contributed by atoms with van der Waals surface area (Å²) in [6, 6.07) is 2.25. The molecule has 26 heavy (non-hydrogen) atoms. The molecule has 0 N–H and O–H groups in total. The van der Waals surface area contributed by atoms with Crippen LogP contribution in [0.2, 0.25) is 0 Å². The molecule has 2 heterocycles. The largest absolute Gasteiger partial charge is 0.340 e. The van der Waals surface area contributed by atoms with Crippen LogP contribution in [0, 0.1) is 17.6 Å². The molecule has 1 atom stereocenters. The van der Waals surface area contributed by atoms with Gasteiger partial charge in [-0.2, -0.15) is 4.31 Å². The Balaban J connectivity index is 1.67. The lowest BCUT2D eigenvalue weighted by molar-refractivity contribution is -0.135. The molecule has 3 rings (SSSR count). The number of nitrogens with zero attached hydrogens (tertiary/aromatic N) is 2. The third kappa shape index (κ3) is 3.74. The van der Waals surface area contributed by atoms with Gasteiger partial charge in [0.1, 0.15) is 16.5 Å². The van der Waals surface area contributed by atoms with E-state index in [2.05, 4.69) is 0 Å². The second-order valence-corrected chi connectivity index (χ2v) is 10.5. The monoisotopic (exact) mass is 408 g/mol. The quantitative estimate of drug-likeness (QED) is 0.714. The van der Waals surface area contributed by atoms with Crippen LogP contribution in [-0.4, -0.2) is 69.6 Å². The maximum atomic E-state index is 13.8. The molecule has 1 aromatic rings. The first-order valence-electron chi connectivity index (χ1n) is 8.04. The van der Waals surface area contributed by atoms with Crippen LogP contribution in [0.15, 0.2) is 23.1 Å². The van der Waals surface area contributed by atoms with E-state index in [1.807, 2.05) is 0 Å². The van der Waals surface area contributed by atoms with Gasteiger partial charge in [-0.3, -0.25) is 4.79 Å². The molecule has 0 aromatic heterocycles. The van der Waals surface area contributed by atoms with E-state index >= 15 is 0 Å². The van der Waals surface area contributed by atoms with Gasteiger partial charge in [0, 0.05) is 32.2 Å². The number of piperazine rings is 1. The second kappa shape index (κ2) is 6.86. The number of hydrogen-bond acceptors (Lipinski definition) is 5. The highest BCUT2D eigenvalue weighted by Crippen LogP contribution is 2.24. The van der Waals surface area contributed by atoms with Crippen LogP contribution < -0.4 is 0 Å². The molecule has 2 fully saturated rings. The fraction of sp³-hybridized carbons (Fsp3) is 0.533. The van der Waals surface area contributed by atoms with Gasteiger partial charge in [-0.1, -0.05) is 0 Å². The molecule has 0 unspecified atom stereocenters. The van der Waals surface area contributed by atoms with Crippen molar-refractivity contribution >= 4 is 25.8 Å². The van der Waals surface area contributed by atoms with Gasteiger partial charge in [-0.05, 0) is 18.6 Å². The van der Waals surface area contributed by atoms with Gasteiger partial charge in [0.15, 0.2) is 9.84 Å². The fourth-order valence-corrected chi connectivity index (χ4v) is 6.42. The van der Waals surface area contributed by atoms with Crippen LogP contribution in [0.3, 0.4) is 0 Å². The molecule has 2 saturated heterocycles. The number of sulfone groups is 1. The van der Waals surface area contributed by atoms with Gasteiger partial charge in [0.25, 0.3) is 0 Å². The summed E-state index contributed by atoms with van der Waals surface area (Å²) in [6.07, 6.45) is 0.278. The molecular formula is C15H18F2N2O5S2. The van der Waals surface area contributed by atoms with Crippen molar-refractivity contribution in [2.75, 3.05) is 37.7 Å². The van der Waals surface area contributed by atoms with E-state index in [4.69, 9.17) is 0 Å². The smallest absolute Gasteiger partial charge is 0.246 e. The Labute approximate surface area is 150 Å². The molecule has 1 aromatic carbocycles. The van der Waals surface area contributed by atoms with E-state index < -0.39 is 42.3 Å². The molecule has 2 aliphatic rings. The molecule has 2 aliphatic heterocycles. The number of halogens is 2. The van der Waals surface area contributed by atoms with E-state index in [0.717, 1.165) is 16.4 Å². The SMILES string of the molecule is O=C([C@H]1CCS(=O)(=O)C1)N1CCN(S(=O)(=O)c2ccc(F)cc2F)CC1. The minimum atomic E-state index is -4.14. The van der Waals surface area contributed by atoms with Crippen molar-refractivity contribution in [2.45, 2.75) is 11.3 Å². The van der Waals surface area contributed by atoms with Crippen molar-refractivity contribution in [3.05, 3.63) is 29.8 Å². The fourth-order valence-electron chi connectivity index (χ4n) is 3.22. The molecule has 7 nitrogen and oxygen atoms in total. The second-order valence-electron chi connectivity index (χ2n) is 6.40. The summed E-state index contributed by atoms with van der Waals surface area (Å²) in [5, 5.41) is 0. The minimum absolute atomic E-state index is 0.0123. The molecular weight excluding hydrogens is 390 g/mol. The minimum Gasteiger partial charge on any atom is -0.340 e. The molecule has 0 saturated carbocycles. The average Bonchev–Trinajstić information content (AvgIpc) is 2.94. The zero-order chi connectivity index (χ0) is 19.1. The lowest BCUT2D eigenvalue weighted by Gasteiger charge is -2.35. The van der Waals surface area contributed by atoms with Crippen LogP contribution in [0.1, 0.15) is 6.42 Å². The predicted octanol–water partition coefficient (Wildman–Crippen LogP) is 0.232. The molecule has 11 heteroatoms. The summed E-state index contributed by atoms with van der Waals surface area (Å²) in [6.45, 7) is 0.115. The zero-order valence-corrected chi connectivity index (χ0v) is 15.4. The topological polar surface area (TPSA) is 91.8 Å². The lowest BCUT2D eigenvalue weighted by atomic mass is 10.1. The van der Waals surface area contributed by atoms with Crippen LogP contribution in [0.4, 0.5) is 8.78 Å². The van der Waals surface area contributed by atoms with Crippen LogP contribution in [0.25, 0.3) is 0 Å². The van der Waals surface area contributed by atoms with Crippen molar-refractivity contribution in [3.8, 4) is 0 Å². The normalized spacial score (nSPS) is 23.9. The van der Waals surface area contributed by atoms with Crippen LogP contribution >= 0.6 is 0 Å². The highest BCUT2D eigenvalue weighted by atomic mass is 32.2. The highest BCUT2D eigenvalue weighted by Gasteiger charge is 2.38. The van der Waals surface area contributed by atoms with Crippen molar-refractivity contribution in [1.29, 1.82) is 0 Å². The van der Waals surface area contributed by atoms with E-state index in [0.29, 0.717) is 6.07 Å². The van der Waals surface area contributed by atoms with Gasteiger partial charge in [0.2, 0.25) is 15.9 Å². The zero-order valence-electron chi connectivity index (χ0n) is 13.8. The Morgan fingerprint density at radius 1 is 1.12 bits per heavy atom. The summed E-state index contributed by atoms with van der Waals surface area (Å²) in [7, 11) is -7.32. The van der Waals surface area contributed by atoms with E-state index in [9.17, 15) is 30.4 Å². The standard InChI is InChI=1S/C15H18F2N2O5S2/c16-12-1-2-14(13(17)9-12)26(23,24)19-6-4-18(5-7-19)15(20)11-3-8-25(21,22)10-11/h1-2,9,11H,3-8,10H2/t11-/m0/s1. The highest BCUT2D eigenvalue weighted by molar-refractivity contribution is 7.91. The van der Waals surface area contributed by atoms with E-state index in [1.54, 1.807) is 0 Å². The summed E-state index contributed by atoms with van der Waals surface area (Å²) in [5.41, 5.74) is 0. The molecule has 1 amide bonds. The van der Waals surface area contributed by atoms with Gasteiger partial charge in [-0.15, -0.1) is 0 Å². The predicted molar refractivity (Wildman–Crippen MR) is 88.5 cm³/mol. The van der Waals surface area contributed by atoms with Crippen molar-refractivity contribution in [1.82, 2.24) is 9.21 Å². The Morgan fingerprint density at radius 2 is 1.77 bits per heavy atom. The summed E-state index contributed by atoms with van der Waals surface area (Å²) >= 11 is 0. The van der Waals surface area contributed by atoms with Gasteiger partial charge in [0.05, 0.1) is 17.4 Å². The summed E-state index contributed by atoms with van der Waals surface area (Å²) < 4.78 is 75.9. The number of rotatable bonds is 3. The van der Waals surface area contributed by atoms with Gasteiger partial charge in [-0.25, -0.2) is 25.6 Å². The molecule has 144 valence electrons. The first-order chi connectivity index (χ1) is 12.1. The number of sulfonamides is 1.